The molecule has 4 saturated heterocycles. The maximum Gasteiger partial charge on any atom is 0.319 e. The average molecular weight is 585 g/mol. The Labute approximate surface area is 250 Å². The highest BCUT2D eigenvalue weighted by Crippen LogP contribution is 2.43. The summed E-state index contributed by atoms with van der Waals surface area (Å²) in [6, 6.07) is 12.2. The molecule has 0 radical (unpaired) electrons. The summed E-state index contributed by atoms with van der Waals surface area (Å²) in [4.78, 5) is 19.0. The number of phenols is 1. The van der Waals surface area contributed by atoms with Crippen LogP contribution in [-0.2, 0) is 4.74 Å². The lowest BCUT2D eigenvalue weighted by Gasteiger charge is -2.35. The Morgan fingerprint density at radius 3 is 2.74 bits per heavy atom. The molecule has 2 bridgehead atoms. The van der Waals surface area contributed by atoms with Crippen molar-refractivity contribution in [1.82, 2.24) is 25.2 Å². The van der Waals surface area contributed by atoms with Gasteiger partial charge in [-0.05, 0) is 68.0 Å². The second-order valence-corrected chi connectivity index (χ2v) is 12.7. The van der Waals surface area contributed by atoms with Gasteiger partial charge in [0, 0.05) is 50.1 Å². The number of aromatic hydroxyl groups is 1. The van der Waals surface area contributed by atoms with Crippen molar-refractivity contribution in [3.05, 3.63) is 48.4 Å². The second-order valence-electron chi connectivity index (χ2n) is 12.7. The Bertz CT molecular complexity index is 1690. The number of ether oxygens (including phenoxy) is 2. The first kappa shape index (κ1) is 27.0. The number of fused-ring (bicyclic) bond motifs is 5. The Morgan fingerprint density at radius 1 is 1.07 bits per heavy atom. The summed E-state index contributed by atoms with van der Waals surface area (Å²) in [6.07, 6.45) is 8.22. The summed E-state index contributed by atoms with van der Waals surface area (Å²) in [5.74, 6) is 0.186. The molecule has 4 fully saturated rings. The van der Waals surface area contributed by atoms with Crippen LogP contribution in [0.5, 0.6) is 11.8 Å². The lowest BCUT2D eigenvalue weighted by atomic mass is 9.95. The van der Waals surface area contributed by atoms with Crippen molar-refractivity contribution in [3.8, 4) is 23.0 Å². The number of anilines is 1. The summed E-state index contributed by atoms with van der Waals surface area (Å²) < 4.78 is 28.6. The lowest BCUT2D eigenvalue weighted by molar-refractivity contribution is 0.0521. The van der Waals surface area contributed by atoms with Gasteiger partial charge in [0.1, 0.15) is 29.4 Å². The number of aromatic nitrogens is 3. The van der Waals surface area contributed by atoms with Crippen molar-refractivity contribution < 1.29 is 19.0 Å². The van der Waals surface area contributed by atoms with Crippen LogP contribution in [0.1, 0.15) is 38.5 Å². The van der Waals surface area contributed by atoms with Crippen LogP contribution in [0.3, 0.4) is 0 Å². The third kappa shape index (κ3) is 4.58. The number of rotatable bonds is 7. The van der Waals surface area contributed by atoms with E-state index in [0.29, 0.717) is 48.1 Å². The number of nitrogens with one attached hydrogen (secondary N) is 1. The molecule has 6 heterocycles. The van der Waals surface area contributed by atoms with Crippen molar-refractivity contribution in [2.75, 3.05) is 44.9 Å². The highest BCUT2D eigenvalue weighted by molar-refractivity contribution is 5.99. The summed E-state index contributed by atoms with van der Waals surface area (Å²) >= 11 is 0. The topological polar surface area (TPSA) is 95.9 Å². The van der Waals surface area contributed by atoms with Crippen molar-refractivity contribution in [3.63, 3.8) is 0 Å². The molecule has 10 heteroatoms. The molecule has 2 aromatic carbocycles. The highest BCUT2D eigenvalue weighted by Gasteiger charge is 2.49. The first-order chi connectivity index (χ1) is 21.0. The van der Waals surface area contributed by atoms with E-state index in [-0.39, 0.29) is 28.5 Å². The Kier molecular flexibility index (Phi) is 6.61. The maximum absolute atomic E-state index is 16.7. The molecule has 9 nitrogen and oxygen atoms in total. The number of benzene rings is 2. The molecule has 224 valence electrons. The number of hydrogen-bond donors (Lipinski definition) is 2. The maximum atomic E-state index is 16.7. The first-order valence-corrected chi connectivity index (χ1v) is 15.5. The minimum Gasteiger partial charge on any atom is -0.508 e. The van der Waals surface area contributed by atoms with Crippen molar-refractivity contribution in [2.24, 2.45) is 0 Å². The van der Waals surface area contributed by atoms with Gasteiger partial charge in [-0.3, -0.25) is 9.88 Å². The first-order valence-electron chi connectivity index (χ1n) is 15.5. The molecule has 4 aliphatic rings. The molecule has 8 rings (SSSR count). The molecule has 0 saturated carbocycles. The Balaban J connectivity index is 1.22. The molecule has 2 unspecified atom stereocenters. The van der Waals surface area contributed by atoms with E-state index in [4.69, 9.17) is 19.4 Å². The molecule has 0 aliphatic carbocycles. The summed E-state index contributed by atoms with van der Waals surface area (Å²) in [6.45, 7) is 3.79. The van der Waals surface area contributed by atoms with Crippen LogP contribution in [0.15, 0.2) is 42.6 Å². The number of piperazine rings is 1. The number of pyridine rings is 1. The molecule has 4 aromatic rings. The zero-order valence-electron chi connectivity index (χ0n) is 24.4. The zero-order chi connectivity index (χ0) is 29.1. The molecule has 43 heavy (non-hydrogen) atoms. The number of halogens is 1. The minimum absolute atomic E-state index is 0.0578. The third-order valence-electron chi connectivity index (χ3n) is 10.1. The van der Waals surface area contributed by atoms with Crippen LogP contribution in [-0.4, -0.2) is 88.6 Å². The van der Waals surface area contributed by atoms with E-state index in [1.54, 1.807) is 25.4 Å². The zero-order valence-corrected chi connectivity index (χ0v) is 24.4. The van der Waals surface area contributed by atoms with Crippen LogP contribution in [0.4, 0.5) is 10.2 Å². The van der Waals surface area contributed by atoms with E-state index in [0.717, 1.165) is 68.9 Å². The second kappa shape index (κ2) is 10.5. The summed E-state index contributed by atoms with van der Waals surface area (Å²) in [5, 5.41) is 16.3. The Hall–Kier alpha value is -3.60. The smallest absolute Gasteiger partial charge is 0.319 e. The monoisotopic (exact) mass is 584 g/mol. The van der Waals surface area contributed by atoms with Crippen molar-refractivity contribution in [2.45, 2.75) is 62.2 Å². The number of phenolic OH excluding ortho intramolecular Hbond substituents is 1. The summed E-state index contributed by atoms with van der Waals surface area (Å²) in [5.41, 5.74) is 0.786. The van der Waals surface area contributed by atoms with Crippen LogP contribution < -0.4 is 15.0 Å². The predicted molar refractivity (Wildman–Crippen MR) is 163 cm³/mol. The number of nitrogens with zero attached hydrogens (tertiary/aromatic N) is 5. The molecule has 4 aliphatic heterocycles. The average Bonchev–Trinajstić information content (AvgIpc) is 3.69. The number of hydrogen-bond acceptors (Lipinski definition) is 9. The molecule has 2 N–H and O–H groups in total. The molecule has 0 amide bonds. The van der Waals surface area contributed by atoms with Crippen molar-refractivity contribution >= 4 is 27.5 Å². The molecule has 0 spiro atoms. The fourth-order valence-corrected chi connectivity index (χ4v) is 8.16. The number of methoxy groups -OCH3 is 1. The van der Waals surface area contributed by atoms with Crippen molar-refractivity contribution in [1.29, 1.82) is 0 Å². The van der Waals surface area contributed by atoms with E-state index in [9.17, 15) is 5.11 Å². The van der Waals surface area contributed by atoms with Crippen LogP contribution >= 0.6 is 0 Å². The van der Waals surface area contributed by atoms with Gasteiger partial charge >= 0.3 is 6.01 Å². The van der Waals surface area contributed by atoms with Crippen LogP contribution in [0.25, 0.3) is 32.9 Å². The normalized spacial score (nSPS) is 26.9. The fourth-order valence-electron chi connectivity index (χ4n) is 8.16. The van der Waals surface area contributed by atoms with Crippen LogP contribution in [0.2, 0.25) is 0 Å². The highest BCUT2D eigenvalue weighted by atomic mass is 19.1. The quantitative estimate of drug-likeness (QED) is 0.322. The van der Waals surface area contributed by atoms with Gasteiger partial charge in [0.05, 0.1) is 17.5 Å². The van der Waals surface area contributed by atoms with Gasteiger partial charge in [-0.1, -0.05) is 24.3 Å². The molecular weight excluding hydrogens is 547 g/mol. The van der Waals surface area contributed by atoms with E-state index in [2.05, 4.69) is 20.1 Å². The Morgan fingerprint density at radius 2 is 1.91 bits per heavy atom. The molecule has 2 aromatic heterocycles. The third-order valence-corrected chi connectivity index (χ3v) is 10.1. The van der Waals surface area contributed by atoms with E-state index < -0.39 is 5.82 Å². The van der Waals surface area contributed by atoms with Gasteiger partial charge in [0.15, 0.2) is 5.82 Å². The van der Waals surface area contributed by atoms with Gasteiger partial charge in [-0.2, -0.15) is 9.97 Å². The van der Waals surface area contributed by atoms with E-state index in [1.165, 1.54) is 0 Å². The van der Waals surface area contributed by atoms with E-state index in [1.807, 2.05) is 24.3 Å². The van der Waals surface area contributed by atoms with Gasteiger partial charge < -0.3 is 24.8 Å². The van der Waals surface area contributed by atoms with Crippen LogP contribution in [0, 0.1) is 5.82 Å². The fraction of sp³-hybridized carbons (Fsp3) is 0.485. The van der Waals surface area contributed by atoms with Gasteiger partial charge in [-0.15, -0.1) is 0 Å². The minimum atomic E-state index is -0.540. The summed E-state index contributed by atoms with van der Waals surface area (Å²) in [7, 11) is 1.76. The molecular formula is C33H37FN6O3. The SMILES string of the molecule is COC[C@H]1CC[C@@]2(COc3nc(N4CC5CCC(C4)N5)c4cnc(-c5cc(O)cc6ccccc56)c(F)c4n3)CCCN12. The van der Waals surface area contributed by atoms with E-state index >= 15 is 4.39 Å². The van der Waals surface area contributed by atoms with Gasteiger partial charge in [-0.25, -0.2) is 4.39 Å². The largest absolute Gasteiger partial charge is 0.508 e. The van der Waals surface area contributed by atoms with Gasteiger partial charge in [0.25, 0.3) is 0 Å². The molecule has 4 atom stereocenters. The lowest BCUT2D eigenvalue weighted by Crippen LogP contribution is -2.51. The predicted octanol–water partition coefficient (Wildman–Crippen LogP) is 4.65. The standard InChI is InChI=1S/C33H37FN6O3/c1-42-18-23-9-11-33(10-4-12-40(23)33)19-43-32-37-30-27(31(38-32)39-16-21-7-8-22(17-39)36-21)15-35-29(28(30)34)26-14-24(41)13-20-5-2-3-6-25(20)26/h2-3,5-6,13-15,21-23,36,41H,4,7-12,16-19H2,1H3/t21?,22?,23-,33-/m1/s1. The van der Waals surface area contributed by atoms with Gasteiger partial charge in [0.2, 0.25) is 0 Å².